The Labute approximate surface area is 145 Å². The Morgan fingerprint density at radius 1 is 1.12 bits per heavy atom. The second-order valence-corrected chi connectivity index (χ2v) is 6.79. The molecule has 2 aliphatic heterocycles. The summed E-state index contributed by atoms with van der Waals surface area (Å²) in [5, 5.41) is 3.01. The fraction of sp³-hybridized carbons (Fsp3) is 0.632. The van der Waals surface area contributed by atoms with Crippen LogP contribution >= 0.6 is 0 Å². The Kier molecular flexibility index (Phi) is 6.64. The minimum Gasteiger partial charge on any atom is -0.376 e. The summed E-state index contributed by atoms with van der Waals surface area (Å²) in [6, 6.07) is 10.6. The lowest BCUT2D eigenvalue weighted by Crippen LogP contribution is -2.50. The normalized spacial score (nSPS) is 22.6. The third-order valence-corrected chi connectivity index (χ3v) is 4.94. The number of rotatable bonds is 7. The summed E-state index contributed by atoms with van der Waals surface area (Å²) in [5.41, 5.74) is 1.40. The number of ether oxygens (including phenoxy) is 1. The third-order valence-electron chi connectivity index (χ3n) is 4.94. The van der Waals surface area contributed by atoms with Gasteiger partial charge in [0.1, 0.15) is 0 Å². The van der Waals surface area contributed by atoms with Gasteiger partial charge in [-0.1, -0.05) is 30.3 Å². The van der Waals surface area contributed by atoms with Gasteiger partial charge in [-0.3, -0.25) is 9.69 Å². The lowest BCUT2D eigenvalue weighted by molar-refractivity contribution is -0.123. The van der Waals surface area contributed by atoms with Gasteiger partial charge in [0.15, 0.2) is 0 Å². The Morgan fingerprint density at radius 2 is 1.88 bits per heavy atom. The fourth-order valence-electron chi connectivity index (χ4n) is 3.39. The molecule has 0 bridgehead atoms. The molecule has 1 amide bonds. The van der Waals surface area contributed by atoms with Gasteiger partial charge >= 0.3 is 0 Å². The summed E-state index contributed by atoms with van der Waals surface area (Å²) in [4.78, 5) is 16.8. The number of carbonyl (C=O) groups is 1. The molecule has 1 aromatic rings. The number of nitrogens with one attached hydrogen (secondary N) is 1. The molecule has 3 rings (SSSR count). The molecule has 1 N–H and O–H groups in total. The highest BCUT2D eigenvalue weighted by Gasteiger charge is 2.20. The van der Waals surface area contributed by atoms with E-state index in [2.05, 4.69) is 45.4 Å². The Hall–Kier alpha value is -1.43. The van der Waals surface area contributed by atoms with Gasteiger partial charge in [0.25, 0.3) is 0 Å². The molecule has 1 aromatic carbocycles. The van der Waals surface area contributed by atoms with Crippen molar-refractivity contribution >= 4 is 5.91 Å². The molecule has 2 heterocycles. The molecule has 0 aliphatic carbocycles. The van der Waals surface area contributed by atoms with Gasteiger partial charge in [0.05, 0.1) is 12.6 Å². The summed E-state index contributed by atoms with van der Waals surface area (Å²) in [5.74, 6) is 0.128. The zero-order valence-corrected chi connectivity index (χ0v) is 14.5. The van der Waals surface area contributed by atoms with Crippen molar-refractivity contribution in [2.45, 2.75) is 25.4 Å². The first kappa shape index (κ1) is 17.4. The van der Waals surface area contributed by atoms with E-state index in [0.717, 1.165) is 58.6 Å². The average molecular weight is 331 g/mol. The van der Waals surface area contributed by atoms with Crippen molar-refractivity contribution in [3.63, 3.8) is 0 Å². The molecule has 2 aliphatic rings. The van der Waals surface area contributed by atoms with E-state index in [-0.39, 0.29) is 12.0 Å². The van der Waals surface area contributed by atoms with Gasteiger partial charge in [-0.25, -0.2) is 0 Å². The molecule has 5 nitrogen and oxygen atoms in total. The predicted octanol–water partition coefficient (Wildman–Crippen LogP) is 1.14. The number of nitrogens with zero attached hydrogens (tertiary/aromatic N) is 2. The maximum atomic E-state index is 12.0. The molecule has 0 aromatic heterocycles. The summed E-state index contributed by atoms with van der Waals surface area (Å²) in [6.07, 6.45) is 3.51. The smallest absolute Gasteiger partial charge is 0.234 e. The number of carbonyl (C=O) groups excluding carboxylic acids is 1. The zero-order chi connectivity index (χ0) is 16.6. The molecule has 5 heteroatoms. The number of amides is 1. The van der Waals surface area contributed by atoms with Crippen LogP contribution in [-0.4, -0.2) is 74.2 Å². The van der Waals surface area contributed by atoms with E-state index in [1.54, 1.807) is 0 Å². The minimum absolute atomic E-state index is 0.128. The van der Waals surface area contributed by atoms with Crippen LogP contribution in [0.4, 0.5) is 0 Å². The number of benzene rings is 1. The summed E-state index contributed by atoms with van der Waals surface area (Å²) in [6.45, 7) is 7.16. The van der Waals surface area contributed by atoms with Crippen molar-refractivity contribution in [2.24, 2.45) is 0 Å². The molecule has 0 saturated carbocycles. The largest absolute Gasteiger partial charge is 0.376 e. The molecule has 132 valence electrons. The molecule has 1 atom stereocenters. The number of hydrogen-bond donors (Lipinski definition) is 1. The lowest BCUT2D eigenvalue weighted by Gasteiger charge is -2.34. The van der Waals surface area contributed by atoms with Gasteiger partial charge in [-0.2, -0.15) is 0 Å². The van der Waals surface area contributed by atoms with Crippen LogP contribution in [0.15, 0.2) is 30.3 Å². The number of hydrogen-bond acceptors (Lipinski definition) is 4. The highest BCUT2D eigenvalue weighted by molar-refractivity contribution is 5.78. The standard InChI is InChI=1S/C19H29N3O2/c23-19(20-15-18-7-4-14-24-18)16-22-12-10-21(11-13-22)9-8-17-5-2-1-3-6-17/h1-3,5-6,18H,4,7-16H2,(H,20,23)/t18-/m1/s1. The molecule has 0 unspecified atom stereocenters. The highest BCUT2D eigenvalue weighted by atomic mass is 16.5. The average Bonchev–Trinajstić information content (AvgIpc) is 3.14. The summed E-state index contributed by atoms with van der Waals surface area (Å²) < 4.78 is 5.54. The van der Waals surface area contributed by atoms with Crippen molar-refractivity contribution in [2.75, 3.05) is 52.4 Å². The quantitative estimate of drug-likeness (QED) is 0.814. The number of piperazine rings is 1. The molecule has 2 saturated heterocycles. The molecule has 2 fully saturated rings. The second kappa shape index (κ2) is 9.16. The van der Waals surface area contributed by atoms with Crippen molar-refractivity contribution in [3.05, 3.63) is 35.9 Å². The van der Waals surface area contributed by atoms with Crippen molar-refractivity contribution in [3.8, 4) is 0 Å². The van der Waals surface area contributed by atoms with Crippen LogP contribution in [0.3, 0.4) is 0 Å². The van der Waals surface area contributed by atoms with Crippen molar-refractivity contribution < 1.29 is 9.53 Å². The highest BCUT2D eigenvalue weighted by Crippen LogP contribution is 2.10. The van der Waals surface area contributed by atoms with E-state index in [4.69, 9.17) is 4.74 Å². The van der Waals surface area contributed by atoms with E-state index in [9.17, 15) is 4.79 Å². The van der Waals surface area contributed by atoms with E-state index in [1.165, 1.54) is 5.56 Å². The van der Waals surface area contributed by atoms with Crippen LogP contribution in [0, 0.1) is 0 Å². The van der Waals surface area contributed by atoms with Crippen LogP contribution in [0.25, 0.3) is 0 Å². The van der Waals surface area contributed by atoms with E-state index >= 15 is 0 Å². The van der Waals surface area contributed by atoms with E-state index < -0.39 is 0 Å². The minimum atomic E-state index is 0.128. The molecule has 24 heavy (non-hydrogen) atoms. The maximum absolute atomic E-state index is 12.0. The third kappa shape index (κ3) is 5.58. The van der Waals surface area contributed by atoms with Gasteiger partial charge in [-0.05, 0) is 24.8 Å². The van der Waals surface area contributed by atoms with E-state index in [1.807, 2.05) is 0 Å². The molecular weight excluding hydrogens is 302 g/mol. The van der Waals surface area contributed by atoms with Crippen LogP contribution in [0.1, 0.15) is 18.4 Å². The topological polar surface area (TPSA) is 44.8 Å². The van der Waals surface area contributed by atoms with Crippen LogP contribution < -0.4 is 5.32 Å². The molecule has 0 spiro atoms. The van der Waals surface area contributed by atoms with E-state index in [0.29, 0.717) is 13.1 Å². The first-order valence-corrected chi connectivity index (χ1v) is 9.16. The lowest BCUT2D eigenvalue weighted by atomic mass is 10.1. The first-order valence-electron chi connectivity index (χ1n) is 9.16. The molecule has 0 radical (unpaired) electrons. The summed E-state index contributed by atoms with van der Waals surface area (Å²) in [7, 11) is 0. The van der Waals surface area contributed by atoms with Crippen LogP contribution in [-0.2, 0) is 16.0 Å². The first-order chi connectivity index (χ1) is 11.8. The van der Waals surface area contributed by atoms with Gasteiger partial charge in [0.2, 0.25) is 5.91 Å². The maximum Gasteiger partial charge on any atom is 0.234 e. The monoisotopic (exact) mass is 331 g/mol. The van der Waals surface area contributed by atoms with Gasteiger partial charge in [-0.15, -0.1) is 0 Å². The van der Waals surface area contributed by atoms with Crippen LogP contribution in [0.2, 0.25) is 0 Å². The molecular formula is C19H29N3O2. The predicted molar refractivity (Wildman–Crippen MR) is 95.0 cm³/mol. The van der Waals surface area contributed by atoms with Gasteiger partial charge < -0.3 is 15.0 Å². The Bertz CT molecular complexity index is 495. The van der Waals surface area contributed by atoms with Crippen molar-refractivity contribution in [1.29, 1.82) is 0 Å². The SMILES string of the molecule is O=C(CN1CCN(CCc2ccccc2)CC1)NC[C@H]1CCCO1. The van der Waals surface area contributed by atoms with Crippen LogP contribution in [0.5, 0.6) is 0 Å². The fourth-order valence-corrected chi connectivity index (χ4v) is 3.39. The Morgan fingerprint density at radius 3 is 2.58 bits per heavy atom. The van der Waals surface area contributed by atoms with Crippen molar-refractivity contribution in [1.82, 2.24) is 15.1 Å². The zero-order valence-electron chi connectivity index (χ0n) is 14.5. The summed E-state index contributed by atoms with van der Waals surface area (Å²) >= 11 is 0. The second-order valence-electron chi connectivity index (χ2n) is 6.79. The van der Waals surface area contributed by atoms with Gasteiger partial charge in [0, 0.05) is 45.9 Å². The Balaban J connectivity index is 1.29.